The zero-order chi connectivity index (χ0) is 41.4. The molecule has 3 N–H and O–H groups in total. The smallest absolute Gasteiger partial charge is 0.414 e. The number of aliphatic carboxylic acids is 2. The Bertz CT molecular complexity index is 1830. The van der Waals surface area contributed by atoms with E-state index in [2.05, 4.69) is 5.32 Å². The van der Waals surface area contributed by atoms with Crippen molar-refractivity contribution in [1.82, 2.24) is 10.2 Å². The lowest BCUT2D eigenvalue weighted by molar-refractivity contribution is -0.250. The highest BCUT2D eigenvalue weighted by Gasteiger charge is 2.61. The average molecular weight is 799 g/mol. The first-order valence-electron chi connectivity index (χ1n) is 19.4. The molecule has 2 fully saturated rings. The standard InChI is InChI=1S/C43H52N2O7.C2H2O4/c1-33-43(52-42(2,3)51-33,32-47-28-34-16-8-4-9-17-34)40(50-31-37-22-14-7-15-23-37)38(48-29-35-18-10-5-11-19-35)39(41(46)45-26-24-44-25-27-45)49-30-36-20-12-6-13-21-36;3-1(4)2(5)6/h4-23,33,38-40,44H,24-32H2,1-3H3;(H,3,4)(H,5,6)/t33-,38-,39-,40+,43-;/m1./s1. The number of carboxylic acid groups (broad SMARTS) is 2. The van der Waals surface area contributed by atoms with Crippen molar-refractivity contribution in [2.75, 3.05) is 32.8 Å². The van der Waals surface area contributed by atoms with Crippen molar-refractivity contribution in [2.45, 2.75) is 83.0 Å². The first-order valence-corrected chi connectivity index (χ1v) is 19.4. The van der Waals surface area contributed by atoms with Gasteiger partial charge >= 0.3 is 11.9 Å². The number of rotatable bonds is 17. The monoisotopic (exact) mass is 798 g/mol. The molecule has 2 aliphatic heterocycles. The van der Waals surface area contributed by atoms with Gasteiger partial charge in [-0.2, -0.15) is 0 Å². The lowest BCUT2D eigenvalue weighted by Crippen LogP contribution is -2.64. The summed E-state index contributed by atoms with van der Waals surface area (Å²) < 4.78 is 40.7. The Hall–Kier alpha value is -4.99. The van der Waals surface area contributed by atoms with Crippen molar-refractivity contribution in [3.63, 3.8) is 0 Å². The van der Waals surface area contributed by atoms with Crippen LogP contribution in [0.1, 0.15) is 43.0 Å². The molecule has 4 aromatic rings. The van der Waals surface area contributed by atoms with Crippen LogP contribution in [-0.4, -0.2) is 102 Å². The predicted octanol–water partition coefficient (Wildman–Crippen LogP) is 5.46. The molecular weight excluding hydrogens is 744 g/mol. The highest BCUT2D eigenvalue weighted by Crippen LogP contribution is 2.43. The molecule has 6 rings (SSSR count). The van der Waals surface area contributed by atoms with Crippen LogP contribution in [0.5, 0.6) is 0 Å². The van der Waals surface area contributed by atoms with Crippen molar-refractivity contribution in [1.29, 1.82) is 0 Å². The number of carboxylic acids is 2. The third kappa shape index (κ3) is 12.8. The van der Waals surface area contributed by atoms with E-state index in [0.29, 0.717) is 32.8 Å². The minimum Gasteiger partial charge on any atom is -0.473 e. The largest absolute Gasteiger partial charge is 0.473 e. The number of hydrogen-bond donors (Lipinski definition) is 3. The number of ether oxygens (including phenoxy) is 6. The number of nitrogens with zero attached hydrogens (tertiary/aromatic N) is 1. The van der Waals surface area contributed by atoms with Gasteiger partial charge < -0.3 is 48.9 Å². The Morgan fingerprint density at radius 2 is 1.12 bits per heavy atom. The van der Waals surface area contributed by atoms with E-state index in [1.807, 2.05) is 147 Å². The molecule has 0 unspecified atom stereocenters. The molecule has 0 bridgehead atoms. The van der Waals surface area contributed by atoms with Crippen molar-refractivity contribution < 1.29 is 53.0 Å². The number of benzene rings is 4. The Morgan fingerprint density at radius 3 is 1.55 bits per heavy atom. The summed E-state index contributed by atoms with van der Waals surface area (Å²) in [5.41, 5.74) is 2.69. The maximum absolute atomic E-state index is 14.8. The molecule has 13 nitrogen and oxygen atoms in total. The second-order valence-electron chi connectivity index (χ2n) is 14.6. The fourth-order valence-corrected chi connectivity index (χ4v) is 7.02. The molecule has 0 saturated carbocycles. The maximum atomic E-state index is 14.8. The number of carbonyl (C=O) groups is 3. The van der Waals surface area contributed by atoms with Gasteiger partial charge in [0, 0.05) is 26.2 Å². The molecular formula is C45H54N2O11. The van der Waals surface area contributed by atoms with Crippen molar-refractivity contribution in [3.8, 4) is 0 Å². The summed E-state index contributed by atoms with van der Waals surface area (Å²) in [5, 5.41) is 18.1. The van der Waals surface area contributed by atoms with E-state index in [0.717, 1.165) is 22.3 Å². The molecule has 2 saturated heterocycles. The van der Waals surface area contributed by atoms with Crippen LogP contribution in [0.4, 0.5) is 0 Å². The van der Waals surface area contributed by atoms with Gasteiger partial charge in [-0.25, -0.2) is 9.59 Å². The first-order chi connectivity index (χ1) is 28.0. The van der Waals surface area contributed by atoms with E-state index < -0.39 is 47.7 Å². The molecule has 2 heterocycles. The molecule has 58 heavy (non-hydrogen) atoms. The van der Waals surface area contributed by atoms with Crippen LogP contribution in [0.15, 0.2) is 121 Å². The summed E-state index contributed by atoms with van der Waals surface area (Å²) >= 11 is 0. The molecule has 0 aliphatic carbocycles. The Labute approximate surface area is 339 Å². The summed E-state index contributed by atoms with van der Waals surface area (Å²) in [5.74, 6) is -4.78. The summed E-state index contributed by atoms with van der Waals surface area (Å²) in [6.45, 7) is 9.40. The van der Waals surface area contributed by atoms with Crippen molar-refractivity contribution in [2.24, 2.45) is 0 Å². The van der Waals surface area contributed by atoms with E-state index in [9.17, 15) is 4.79 Å². The van der Waals surface area contributed by atoms with Crippen molar-refractivity contribution in [3.05, 3.63) is 144 Å². The molecule has 0 aromatic heterocycles. The summed E-state index contributed by atoms with van der Waals surface area (Å²) in [6.07, 6.45) is -3.37. The van der Waals surface area contributed by atoms with Crippen molar-refractivity contribution >= 4 is 17.8 Å². The molecule has 0 radical (unpaired) electrons. The third-order valence-electron chi connectivity index (χ3n) is 9.79. The Kier molecular flexibility index (Phi) is 16.5. The van der Waals surface area contributed by atoms with Gasteiger partial charge in [0.25, 0.3) is 5.91 Å². The van der Waals surface area contributed by atoms with Gasteiger partial charge in [-0.15, -0.1) is 0 Å². The van der Waals surface area contributed by atoms with Crippen LogP contribution in [0.25, 0.3) is 0 Å². The topological polar surface area (TPSA) is 162 Å². The van der Waals surface area contributed by atoms with Gasteiger partial charge in [0.2, 0.25) is 0 Å². The van der Waals surface area contributed by atoms with Gasteiger partial charge in [0.1, 0.15) is 17.8 Å². The van der Waals surface area contributed by atoms with Crippen LogP contribution in [0, 0.1) is 0 Å². The second-order valence-corrected chi connectivity index (χ2v) is 14.6. The van der Waals surface area contributed by atoms with E-state index >= 15 is 0 Å². The fourth-order valence-electron chi connectivity index (χ4n) is 7.02. The van der Waals surface area contributed by atoms with Crippen LogP contribution in [0.3, 0.4) is 0 Å². The lowest BCUT2D eigenvalue weighted by Gasteiger charge is -2.44. The number of piperazine rings is 1. The predicted molar refractivity (Wildman–Crippen MR) is 214 cm³/mol. The second kappa shape index (κ2) is 21.7. The third-order valence-corrected chi connectivity index (χ3v) is 9.79. The molecule has 2 aliphatic rings. The van der Waals surface area contributed by atoms with E-state index in [4.69, 9.17) is 48.2 Å². The molecule has 310 valence electrons. The molecule has 13 heteroatoms. The number of nitrogens with one attached hydrogen (secondary N) is 1. The zero-order valence-corrected chi connectivity index (χ0v) is 33.2. The average Bonchev–Trinajstić information content (AvgIpc) is 3.48. The molecule has 5 atom stereocenters. The van der Waals surface area contributed by atoms with Gasteiger partial charge in [-0.05, 0) is 43.0 Å². The quantitative estimate of drug-likeness (QED) is 0.116. The van der Waals surface area contributed by atoms with Gasteiger partial charge in [0.15, 0.2) is 11.9 Å². The van der Waals surface area contributed by atoms with E-state index in [-0.39, 0.29) is 32.3 Å². The minimum absolute atomic E-state index is 0.115. The van der Waals surface area contributed by atoms with E-state index in [1.54, 1.807) is 0 Å². The summed E-state index contributed by atoms with van der Waals surface area (Å²) in [6, 6.07) is 39.8. The minimum atomic E-state index is -1.82. The summed E-state index contributed by atoms with van der Waals surface area (Å²) in [7, 11) is 0. The van der Waals surface area contributed by atoms with Crippen LogP contribution < -0.4 is 5.32 Å². The fraction of sp³-hybridized carbons (Fsp3) is 0.400. The number of amides is 1. The van der Waals surface area contributed by atoms with E-state index in [1.165, 1.54) is 0 Å². The van der Waals surface area contributed by atoms with Gasteiger partial charge in [-0.3, -0.25) is 4.79 Å². The highest BCUT2D eigenvalue weighted by molar-refractivity contribution is 6.27. The summed E-state index contributed by atoms with van der Waals surface area (Å²) in [4.78, 5) is 34.9. The van der Waals surface area contributed by atoms with Crippen LogP contribution in [-0.2, 0) is 69.2 Å². The zero-order valence-electron chi connectivity index (χ0n) is 33.2. The first kappa shape index (κ1) is 44.1. The van der Waals surface area contributed by atoms with Crippen LogP contribution >= 0.6 is 0 Å². The SMILES string of the molecule is C[C@H]1OC(C)(C)O[C@@]1(COCc1ccccc1)[C@@H](OCc1ccccc1)[C@H](OCc1ccccc1)[C@@H](OCc1ccccc1)C(=O)N1CCNCC1.O=C(O)C(=O)O. The maximum Gasteiger partial charge on any atom is 0.414 e. The molecule has 1 amide bonds. The normalized spacial score (nSPS) is 20.3. The highest BCUT2D eigenvalue weighted by atomic mass is 16.8. The van der Waals surface area contributed by atoms with Gasteiger partial charge in [0.05, 0.1) is 39.1 Å². The van der Waals surface area contributed by atoms with Crippen LogP contribution in [0.2, 0.25) is 0 Å². The number of hydrogen-bond acceptors (Lipinski definition) is 10. The molecule has 0 spiro atoms. The Morgan fingerprint density at radius 1 is 0.690 bits per heavy atom. The Balaban J connectivity index is 0.000000992. The number of carbonyl (C=O) groups excluding carboxylic acids is 1. The van der Waals surface area contributed by atoms with Gasteiger partial charge in [-0.1, -0.05) is 121 Å². The molecule has 4 aromatic carbocycles. The lowest BCUT2D eigenvalue weighted by atomic mass is 9.85.